The van der Waals surface area contributed by atoms with Crippen molar-refractivity contribution in [2.24, 2.45) is 0 Å². The molecular weight excluding hydrogens is 228 g/mol. The average molecular weight is 244 g/mol. The number of benzene rings is 1. The molecule has 4 nitrogen and oxygen atoms in total. The molecule has 0 saturated heterocycles. The Hall–Kier alpha value is -2.10. The van der Waals surface area contributed by atoms with E-state index in [2.05, 4.69) is 10.3 Å². The molecule has 0 saturated carbocycles. The molecule has 0 fully saturated rings. The van der Waals surface area contributed by atoms with Crippen molar-refractivity contribution in [3.05, 3.63) is 36.5 Å². The summed E-state index contributed by atoms with van der Waals surface area (Å²) in [6.07, 6.45) is 2.41. The van der Waals surface area contributed by atoms with Gasteiger partial charge in [-0.05, 0) is 18.6 Å². The summed E-state index contributed by atoms with van der Waals surface area (Å²) >= 11 is 0. The van der Waals surface area contributed by atoms with E-state index in [1.54, 1.807) is 6.20 Å². The van der Waals surface area contributed by atoms with E-state index in [0.717, 1.165) is 16.6 Å². The molecule has 0 bridgehead atoms. The molecule has 18 heavy (non-hydrogen) atoms. The number of carbonyl (C=O) groups excluding carboxylic acids is 1. The number of rotatable bonds is 4. The van der Waals surface area contributed by atoms with Crippen LogP contribution in [0.5, 0.6) is 0 Å². The Morgan fingerprint density at radius 3 is 2.89 bits per heavy atom. The number of fused-ring (bicyclic) bond motifs is 1. The van der Waals surface area contributed by atoms with Crippen LogP contribution in [0.2, 0.25) is 0 Å². The van der Waals surface area contributed by atoms with Crippen LogP contribution in [0.3, 0.4) is 0 Å². The van der Waals surface area contributed by atoms with Crippen molar-refractivity contribution in [3.63, 3.8) is 0 Å². The van der Waals surface area contributed by atoms with Crippen molar-refractivity contribution < 1.29 is 9.53 Å². The molecule has 1 heterocycles. The minimum atomic E-state index is -0.345. The lowest BCUT2D eigenvalue weighted by Crippen LogP contribution is -2.29. The molecule has 0 spiro atoms. The Balaban J connectivity index is 2.33. The first kappa shape index (κ1) is 12.4. The molecule has 1 atom stereocenters. The van der Waals surface area contributed by atoms with Gasteiger partial charge in [-0.3, -0.25) is 4.98 Å². The second kappa shape index (κ2) is 5.49. The van der Waals surface area contributed by atoms with E-state index in [4.69, 9.17) is 4.74 Å². The topological polar surface area (TPSA) is 51.2 Å². The third-order valence-corrected chi connectivity index (χ3v) is 2.86. The Morgan fingerprint density at radius 1 is 1.39 bits per heavy atom. The standard InChI is InChI=1S/C14H16N2O2/c1-3-11(14(17)18-2)16-12-8-4-6-10-7-5-9-15-13(10)12/h4-9,11,16H,3H2,1-2H3. The van der Waals surface area contributed by atoms with Gasteiger partial charge in [0.2, 0.25) is 0 Å². The molecule has 0 aliphatic carbocycles. The van der Waals surface area contributed by atoms with Crippen LogP contribution in [0.1, 0.15) is 13.3 Å². The summed E-state index contributed by atoms with van der Waals surface area (Å²) in [5.74, 6) is -0.259. The molecule has 94 valence electrons. The SMILES string of the molecule is CCC(Nc1cccc2cccnc12)C(=O)OC. The number of nitrogens with zero attached hydrogens (tertiary/aromatic N) is 1. The van der Waals surface area contributed by atoms with Crippen molar-refractivity contribution in [1.82, 2.24) is 4.98 Å². The van der Waals surface area contributed by atoms with Crippen molar-refractivity contribution in [2.45, 2.75) is 19.4 Å². The van der Waals surface area contributed by atoms with Crippen LogP contribution in [-0.4, -0.2) is 24.1 Å². The van der Waals surface area contributed by atoms with Crippen molar-refractivity contribution >= 4 is 22.6 Å². The fourth-order valence-corrected chi connectivity index (χ4v) is 1.88. The lowest BCUT2D eigenvalue weighted by molar-refractivity contribution is -0.141. The number of esters is 1. The summed E-state index contributed by atoms with van der Waals surface area (Å²) in [6, 6.07) is 9.39. The highest BCUT2D eigenvalue weighted by Gasteiger charge is 2.17. The average Bonchev–Trinajstić information content (AvgIpc) is 2.44. The second-order valence-electron chi connectivity index (χ2n) is 4.01. The lowest BCUT2D eigenvalue weighted by atomic mass is 10.1. The number of anilines is 1. The summed E-state index contributed by atoms with van der Waals surface area (Å²) in [5.41, 5.74) is 1.72. The molecule has 1 aromatic carbocycles. The number of methoxy groups -OCH3 is 1. The van der Waals surface area contributed by atoms with Crippen molar-refractivity contribution in [2.75, 3.05) is 12.4 Å². The zero-order valence-corrected chi connectivity index (χ0v) is 10.5. The third-order valence-electron chi connectivity index (χ3n) is 2.86. The van der Waals surface area contributed by atoms with E-state index < -0.39 is 0 Å². The number of aromatic nitrogens is 1. The minimum Gasteiger partial charge on any atom is -0.467 e. The van der Waals surface area contributed by atoms with Gasteiger partial charge in [0.1, 0.15) is 6.04 Å². The van der Waals surface area contributed by atoms with E-state index in [1.165, 1.54) is 7.11 Å². The Morgan fingerprint density at radius 2 is 2.17 bits per heavy atom. The van der Waals surface area contributed by atoms with E-state index in [1.807, 2.05) is 37.3 Å². The molecule has 4 heteroatoms. The number of ether oxygens (including phenoxy) is 1. The van der Waals surface area contributed by atoms with Crippen LogP contribution in [0.25, 0.3) is 10.9 Å². The second-order valence-corrected chi connectivity index (χ2v) is 4.01. The van der Waals surface area contributed by atoms with Crippen molar-refractivity contribution in [1.29, 1.82) is 0 Å². The molecule has 2 aromatic rings. The van der Waals surface area contributed by atoms with Gasteiger partial charge in [-0.25, -0.2) is 4.79 Å². The number of carbonyl (C=O) groups is 1. The molecule has 1 aromatic heterocycles. The van der Waals surface area contributed by atoms with Crippen LogP contribution in [-0.2, 0) is 9.53 Å². The molecular formula is C14H16N2O2. The smallest absolute Gasteiger partial charge is 0.328 e. The van der Waals surface area contributed by atoms with Gasteiger partial charge >= 0.3 is 5.97 Å². The first-order valence-corrected chi connectivity index (χ1v) is 5.94. The van der Waals surface area contributed by atoms with Crippen LogP contribution < -0.4 is 5.32 Å². The van der Waals surface area contributed by atoms with E-state index in [-0.39, 0.29) is 12.0 Å². The van der Waals surface area contributed by atoms with Gasteiger partial charge < -0.3 is 10.1 Å². The number of hydrogen-bond donors (Lipinski definition) is 1. The first-order valence-electron chi connectivity index (χ1n) is 5.94. The molecule has 0 aliphatic rings. The summed E-state index contributed by atoms with van der Waals surface area (Å²) < 4.78 is 4.77. The summed E-state index contributed by atoms with van der Waals surface area (Å²) in [4.78, 5) is 15.9. The fraction of sp³-hybridized carbons (Fsp3) is 0.286. The fourth-order valence-electron chi connectivity index (χ4n) is 1.88. The monoisotopic (exact) mass is 244 g/mol. The maximum absolute atomic E-state index is 11.6. The Bertz CT molecular complexity index is 549. The maximum Gasteiger partial charge on any atom is 0.328 e. The molecule has 0 amide bonds. The molecule has 0 aliphatic heterocycles. The summed E-state index contributed by atoms with van der Waals surface area (Å²) in [6.45, 7) is 1.94. The zero-order valence-electron chi connectivity index (χ0n) is 10.5. The molecule has 2 rings (SSSR count). The predicted molar refractivity (Wildman–Crippen MR) is 71.5 cm³/mol. The quantitative estimate of drug-likeness (QED) is 0.840. The van der Waals surface area contributed by atoms with Crippen LogP contribution in [0, 0.1) is 0 Å². The van der Waals surface area contributed by atoms with Gasteiger partial charge in [0, 0.05) is 11.6 Å². The highest BCUT2D eigenvalue weighted by molar-refractivity contribution is 5.92. The highest BCUT2D eigenvalue weighted by atomic mass is 16.5. The van der Waals surface area contributed by atoms with E-state index in [9.17, 15) is 4.79 Å². The summed E-state index contributed by atoms with van der Waals surface area (Å²) in [7, 11) is 1.40. The van der Waals surface area contributed by atoms with Crippen LogP contribution >= 0.6 is 0 Å². The molecule has 1 unspecified atom stereocenters. The predicted octanol–water partition coefficient (Wildman–Crippen LogP) is 2.60. The third kappa shape index (κ3) is 2.42. The van der Waals surface area contributed by atoms with E-state index >= 15 is 0 Å². The number of hydrogen-bond acceptors (Lipinski definition) is 4. The molecule has 1 N–H and O–H groups in total. The van der Waals surface area contributed by atoms with Gasteiger partial charge in [0.25, 0.3) is 0 Å². The van der Waals surface area contributed by atoms with Gasteiger partial charge in [0.05, 0.1) is 18.3 Å². The van der Waals surface area contributed by atoms with E-state index in [0.29, 0.717) is 6.42 Å². The summed E-state index contributed by atoms with van der Waals surface area (Å²) in [5, 5.41) is 4.23. The lowest BCUT2D eigenvalue weighted by Gasteiger charge is -2.16. The Kier molecular flexibility index (Phi) is 3.77. The minimum absolute atomic E-state index is 0.259. The number of pyridine rings is 1. The maximum atomic E-state index is 11.6. The number of para-hydroxylation sites is 1. The molecule has 0 radical (unpaired) electrons. The van der Waals surface area contributed by atoms with Gasteiger partial charge in [0.15, 0.2) is 0 Å². The highest BCUT2D eigenvalue weighted by Crippen LogP contribution is 2.21. The van der Waals surface area contributed by atoms with Crippen LogP contribution in [0.15, 0.2) is 36.5 Å². The first-order chi connectivity index (χ1) is 8.76. The number of nitrogens with one attached hydrogen (secondary N) is 1. The Labute approximate surface area is 106 Å². The normalized spacial score (nSPS) is 12.1. The van der Waals surface area contributed by atoms with Gasteiger partial charge in [-0.1, -0.05) is 25.1 Å². The van der Waals surface area contributed by atoms with Gasteiger partial charge in [-0.2, -0.15) is 0 Å². The zero-order chi connectivity index (χ0) is 13.0. The van der Waals surface area contributed by atoms with Gasteiger partial charge in [-0.15, -0.1) is 0 Å². The largest absolute Gasteiger partial charge is 0.467 e. The van der Waals surface area contributed by atoms with Crippen LogP contribution in [0.4, 0.5) is 5.69 Å². The van der Waals surface area contributed by atoms with Crippen molar-refractivity contribution in [3.8, 4) is 0 Å².